The van der Waals surface area contributed by atoms with Gasteiger partial charge in [-0.3, -0.25) is 4.79 Å². The molecule has 192 valence electrons. The molecular formula is C26H38N3O5P. The molecule has 1 atom stereocenters. The van der Waals surface area contributed by atoms with Gasteiger partial charge in [0, 0.05) is 30.1 Å². The second-order valence-corrected chi connectivity index (χ2v) is 10.4. The fraction of sp³-hybridized carbons (Fsp3) is 0.577. The molecular weight excluding hydrogens is 465 g/mol. The van der Waals surface area contributed by atoms with Gasteiger partial charge in [0.25, 0.3) is 8.53 Å². The number of carbonyl (C=O) groups excluding carboxylic acids is 1. The van der Waals surface area contributed by atoms with Gasteiger partial charge in [0.05, 0.1) is 32.1 Å². The first-order valence-corrected chi connectivity index (χ1v) is 13.5. The molecule has 0 radical (unpaired) electrons. The molecule has 9 heteroatoms. The van der Waals surface area contributed by atoms with E-state index in [-0.39, 0.29) is 24.4 Å². The van der Waals surface area contributed by atoms with Crippen molar-refractivity contribution >= 4 is 25.4 Å². The van der Waals surface area contributed by atoms with Gasteiger partial charge in [-0.25, -0.2) is 9.46 Å². The molecule has 2 aromatic rings. The zero-order valence-electron chi connectivity index (χ0n) is 21.3. The van der Waals surface area contributed by atoms with Gasteiger partial charge in [-0.15, -0.1) is 0 Å². The van der Waals surface area contributed by atoms with Crippen LogP contribution in [-0.2, 0) is 20.3 Å². The van der Waals surface area contributed by atoms with E-state index in [0.29, 0.717) is 37.3 Å². The smallest absolute Gasteiger partial charge is 0.336 e. The summed E-state index contributed by atoms with van der Waals surface area (Å²) in [6.07, 6.45) is 4.26. The third-order valence-electron chi connectivity index (χ3n) is 5.34. The number of nitrogens with zero attached hydrogens (tertiary/aromatic N) is 2. The Labute approximate surface area is 209 Å². The fourth-order valence-electron chi connectivity index (χ4n) is 3.82. The van der Waals surface area contributed by atoms with E-state index in [1.54, 1.807) is 12.1 Å². The molecule has 2 rings (SSSR count). The lowest BCUT2D eigenvalue weighted by Crippen LogP contribution is -2.33. The van der Waals surface area contributed by atoms with Crippen molar-refractivity contribution < 1.29 is 18.3 Å². The van der Waals surface area contributed by atoms with Crippen LogP contribution in [0.15, 0.2) is 39.5 Å². The lowest BCUT2D eigenvalue weighted by atomic mass is 10.1. The Morgan fingerprint density at radius 3 is 2.49 bits per heavy atom. The molecule has 0 saturated heterocycles. The van der Waals surface area contributed by atoms with Gasteiger partial charge in [-0.1, -0.05) is 31.0 Å². The van der Waals surface area contributed by atoms with Crippen molar-refractivity contribution in [3.63, 3.8) is 0 Å². The summed E-state index contributed by atoms with van der Waals surface area (Å²) in [5.41, 5.74) is 0.726. The average Bonchev–Trinajstić information content (AvgIpc) is 2.80. The highest BCUT2D eigenvalue weighted by Gasteiger charge is 2.26. The van der Waals surface area contributed by atoms with E-state index >= 15 is 0 Å². The van der Waals surface area contributed by atoms with Crippen molar-refractivity contribution in [2.45, 2.75) is 78.3 Å². The van der Waals surface area contributed by atoms with E-state index in [9.17, 15) is 9.59 Å². The molecule has 0 fully saturated rings. The van der Waals surface area contributed by atoms with Gasteiger partial charge in [0.1, 0.15) is 5.58 Å². The van der Waals surface area contributed by atoms with Gasteiger partial charge in [-0.2, -0.15) is 5.26 Å². The fourth-order valence-corrected chi connectivity index (χ4v) is 5.45. The van der Waals surface area contributed by atoms with Crippen molar-refractivity contribution in [3.05, 3.63) is 46.3 Å². The Hall–Kier alpha value is -2.30. The summed E-state index contributed by atoms with van der Waals surface area (Å²) in [5, 5.41) is 12.5. The number of nitriles is 1. The average molecular weight is 504 g/mol. The molecule has 1 unspecified atom stereocenters. The normalized spacial score (nSPS) is 12.4. The number of nitrogens with one attached hydrogen (secondary N) is 1. The highest BCUT2D eigenvalue weighted by molar-refractivity contribution is 7.44. The predicted molar refractivity (Wildman–Crippen MR) is 139 cm³/mol. The summed E-state index contributed by atoms with van der Waals surface area (Å²) >= 11 is 0. The van der Waals surface area contributed by atoms with Crippen molar-refractivity contribution in [1.82, 2.24) is 9.99 Å². The number of hydrogen-bond acceptors (Lipinski definition) is 7. The molecule has 1 aromatic heterocycles. The Morgan fingerprint density at radius 1 is 1.09 bits per heavy atom. The van der Waals surface area contributed by atoms with E-state index < -0.39 is 14.2 Å². The van der Waals surface area contributed by atoms with Crippen LogP contribution in [0.1, 0.15) is 65.4 Å². The molecule has 0 aliphatic carbocycles. The van der Waals surface area contributed by atoms with Gasteiger partial charge in [0.15, 0.2) is 0 Å². The van der Waals surface area contributed by atoms with Crippen LogP contribution < -0.4 is 10.9 Å². The molecule has 0 spiro atoms. The number of carbonyl (C=O) groups is 1. The first kappa shape index (κ1) is 28.9. The number of para-hydroxylation sites is 1. The van der Waals surface area contributed by atoms with Crippen molar-refractivity contribution in [2.24, 2.45) is 0 Å². The van der Waals surface area contributed by atoms with E-state index in [0.717, 1.165) is 31.1 Å². The first-order valence-electron chi connectivity index (χ1n) is 12.3. The van der Waals surface area contributed by atoms with Crippen LogP contribution in [0.2, 0.25) is 0 Å². The third-order valence-corrected chi connectivity index (χ3v) is 7.45. The van der Waals surface area contributed by atoms with Gasteiger partial charge in [0.2, 0.25) is 5.91 Å². The van der Waals surface area contributed by atoms with E-state index in [1.807, 2.05) is 12.1 Å². The Balaban J connectivity index is 1.67. The summed E-state index contributed by atoms with van der Waals surface area (Å²) in [4.78, 5) is 24.1. The van der Waals surface area contributed by atoms with Crippen molar-refractivity contribution in [1.29, 1.82) is 5.26 Å². The molecule has 1 heterocycles. The Morgan fingerprint density at radius 2 is 1.77 bits per heavy atom. The quantitative estimate of drug-likeness (QED) is 0.188. The molecule has 1 N–H and O–H groups in total. The van der Waals surface area contributed by atoms with Gasteiger partial charge < -0.3 is 18.8 Å². The van der Waals surface area contributed by atoms with E-state index in [4.69, 9.17) is 18.7 Å². The van der Waals surface area contributed by atoms with Crippen molar-refractivity contribution in [3.8, 4) is 6.07 Å². The molecule has 35 heavy (non-hydrogen) atoms. The molecule has 0 bridgehead atoms. The molecule has 0 saturated carbocycles. The largest absolute Gasteiger partial charge is 0.423 e. The summed E-state index contributed by atoms with van der Waals surface area (Å²) in [7, 11) is -1.19. The number of benzene rings is 1. The molecule has 0 aliphatic heterocycles. The molecule has 8 nitrogen and oxygen atoms in total. The van der Waals surface area contributed by atoms with Crippen molar-refractivity contribution in [2.75, 3.05) is 19.8 Å². The minimum absolute atomic E-state index is 0.105. The Kier molecular flexibility index (Phi) is 12.9. The zero-order chi connectivity index (χ0) is 25.6. The number of fused-ring (bicyclic) bond motifs is 1. The maximum atomic E-state index is 12.4. The van der Waals surface area contributed by atoms with Crippen LogP contribution in [-0.4, -0.2) is 42.4 Å². The highest BCUT2D eigenvalue weighted by Crippen LogP contribution is 2.46. The van der Waals surface area contributed by atoms with Crippen LogP contribution in [0.25, 0.3) is 11.0 Å². The molecule has 1 aromatic carbocycles. The molecule has 0 aliphatic rings. The highest BCUT2D eigenvalue weighted by atomic mass is 31.2. The predicted octanol–water partition coefficient (Wildman–Crippen LogP) is 5.30. The summed E-state index contributed by atoms with van der Waals surface area (Å²) in [6, 6.07) is 11.3. The number of rotatable bonds is 16. The van der Waals surface area contributed by atoms with Gasteiger partial charge >= 0.3 is 5.63 Å². The van der Waals surface area contributed by atoms with Crippen LogP contribution >= 0.6 is 8.53 Å². The second kappa shape index (κ2) is 15.6. The topological polar surface area (TPSA) is 105 Å². The van der Waals surface area contributed by atoms with Crippen LogP contribution in [0.5, 0.6) is 0 Å². The number of hydrogen-bond donors (Lipinski definition) is 1. The monoisotopic (exact) mass is 503 g/mol. The summed E-state index contributed by atoms with van der Waals surface area (Å²) < 4.78 is 19.4. The Bertz CT molecular complexity index is 1010. The second-order valence-electron chi connectivity index (χ2n) is 8.91. The zero-order valence-corrected chi connectivity index (χ0v) is 22.2. The first-order chi connectivity index (χ1) is 16.8. The molecule has 1 amide bonds. The maximum Gasteiger partial charge on any atom is 0.336 e. The SMILES string of the molecule is CC(C)N(C(C)C)P(OCCC#N)OCCCCCCNC(=O)Cc1cc(=O)oc2ccccc12. The third kappa shape index (κ3) is 10.1. The maximum absolute atomic E-state index is 12.4. The summed E-state index contributed by atoms with van der Waals surface area (Å²) in [6.45, 7) is 10.1. The van der Waals surface area contributed by atoms with Crippen LogP contribution in [0.3, 0.4) is 0 Å². The van der Waals surface area contributed by atoms with E-state index in [1.165, 1.54) is 6.07 Å². The van der Waals surface area contributed by atoms with Crippen LogP contribution in [0, 0.1) is 11.3 Å². The minimum atomic E-state index is -1.19. The summed E-state index contributed by atoms with van der Waals surface area (Å²) in [5.74, 6) is -0.105. The van der Waals surface area contributed by atoms with E-state index in [2.05, 4.69) is 43.8 Å². The standard InChI is InChI=1S/C26H38N3O5P/c1-20(2)29(21(3)4)35(33-17-11-14-27)32-16-10-6-5-9-15-28-25(30)18-22-19-26(31)34-24-13-8-7-12-23(22)24/h7-8,12-13,19-21H,5-6,9-11,15-18H2,1-4H3,(H,28,30). The number of unbranched alkanes of at least 4 members (excludes halogenated alkanes) is 3. The van der Waals surface area contributed by atoms with Gasteiger partial charge in [-0.05, 0) is 52.2 Å². The lowest BCUT2D eigenvalue weighted by Gasteiger charge is -2.35. The number of amides is 1. The van der Waals surface area contributed by atoms with Crippen LogP contribution in [0.4, 0.5) is 0 Å². The lowest BCUT2D eigenvalue weighted by molar-refractivity contribution is -0.120. The minimum Gasteiger partial charge on any atom is -0.423 e.